The molecule has 1 atom stereocenters. The zero-order chi connectivity index (χ0) is 22.0. The molecule has 0 radical (unpaired) electrons. The lowest BCUT2D eigenvalue weighted by molar-refractivity contribution is -0.289. The normalized spacial score (nSPS) is 18.0. The maximum atomic E-state index is 13.3. The Kier molecular flexibility index (Phi) is 6.24. The van der Waals surface area contributed by atoms with Gasteiger partial charge >= 0.3 is 18.1 Å². The van der Waals surface area contributed by atoms with Crippen LogP contribution in [-0.2, 0) is 31.6 Å². The van der Waals surface area contributed by atoms with Crippen molar-refractivity contribution in [1.82, 2.24) is 10.2 Å². The van der Waals surface area contributed by atoms with Crippen molar-refractivity contribution in [3.05, 3.63) is 35.4 Å². The number of piperidine rings is 1. The number of hydrogen-bond donors (Lipinski definition) is 2. The van der Waals surface area contributed by atoms with Gasteiger partial charge in [-0.1, -0.05) is 24.3 Å². The molecule has 0 aromatic heterocycles. The smallest absolute Gasteiger partial charge is 0.458 e. The second-order valence-corrected chi connectivity index (χ2v) is 6.29. The third-order valence-electron chi connectivity index (χ3n) is 4.23. The molecule has 2 amide bonds. The van der Waals surface area contributed by atoms with Crippen molar-refractivity contribution >= 4 is 23.6 Å². The molecule has 1 aliphatic rings. The molecule has 0 aliphatic carbocycles. The Morgan fingerprint density at radius 3 is 2.21 bits per heavy atom. The van der Waals surface area contributed by atoms with E-state index < -0.39 is 53.7 Å². The van der Waals surface area contributed by atoms with Gasteiger partial charge in [0.2, 0.25) is 11.8 Å². The molecule has 29 heavy (non-hydrogen) atoms. The molecule has 2 rings (SSSR count). The van der Waals surface area contributed by atoms with Gasteiger partial charge in [-0.15, -0.1) is 0 Å². The molecule has 7 nitrogen and oxygen atoms in total. The number of carboxylic acid groups (broad SMARTS) is 1. The second kappa shape index (κ2) is 8.13. The Hall–Kier alpha value is -3.05. The Balaban J connectivity index is 2.11. The summed E-state index contributed by atoms with van der Waals surface area (Å²) in [4.78, 5) is 47.8. The third kappa shape index (κ3) is 4.87. The summed E-state index contributed by atoms with van der Waals surface area (Å²) >= 11 is 0. The lowest BCUT2D eigenvalue weighted by atomic mass is 9.94. The predicted octanol–water partition coefficient (Wildman–Crippen LogP) is 1.46. The lowest BCUT2D eigenvalue weighted by Gasteiger charge is -2.31. The fourth-order valence-corrected chi connectivity index (χ4v) is 2.70. The molecule has 0 bridgehead atoms. The highest BCUT2D eigenvalue weighted by Gasteiger charge is 2.58. The van der Waals surface area contributed by atoms with Crippen LogP contribution in [0.15, 0.2) is 24.3 Å². The zero-order valence-corrected chi connectivity index (χ0v) is 14.6. The minimum absolute atomic E-state index is 0.0825. The molecule has 2 N–H and O–H groups in total. The van der Waals surface area contributed by atoms with Crippen molar-refractivity contribution < 1.29 is 46.2 Å². The monoisotopic (exact) mass is 422 g/mol. The molecular weight excluding hydrogens is 407 g/mol. The highest BCUT2D eigenvalue weighted by molar-refractivity contribution is 6.19. The molecule has 1 heterocycles. The lowest BCUT2D eigenvalue weighted by Crippen LogP contribution is -2.52. The highest BCUT2D eigenvalue weighted by atomic mass is 19.4. The van der Waals surface area contributed by atoms with E-state index in [9.17, 15) is 41.1 Å². The van der Waals surface area contributed by atoms with E-state index in [1.807, 2.05) is 5.32 Å². The van der Waals surface area contributed by atoms with Crippen molar-refractivity contribution in [3.8, 4) is 0 Å². The minimum Gasteiger partial charge on any atom is -0.480 e. The summed E-state index contributed by atoms with van der Waals surface area (Å²) in [7, 11) is 0. The van der Waals surface area contributed by atoms with Crippen LogP contribution in [-0.4, -0.2) is 52.8 Å². The van der Waals surface area contributed by atoms with Gasteiger partial charge in [0.25, 0.3) is 0 Å². The van der Waals surface area contributed by atoms with E-state index >= 15 is 0 Å². The van der Waals surface area contributed by atoms with Crippen molar-refractivity contribution in [2.24, 2.45) is 5.92 Å². The molecular formula is C17H15F5N2O5. The Morgan fingerprint density at radius 2 is 1.69 bits per heavy atom. The first-order valence-corrected chi connectivity index (χ1v) is 8.19. The standard InChI is InChI=1S/C17H15F5N2O5/c18-16(19,17(20,21)22)10-3-1-9(2-4-10)8-24-6-5-11(25)13(15(24)29)14(28)23-7-12(26)27/h1-4,13H,5-8H2,(H,23,28)(H,26,27). The van der Waals surface area contributed by atoms with E-state index in [0.29, 0.717) is 12.1 Å². The maximum absolute atomic E-state index is 13.3. The number of likely N-dealkylation sites (tertiary alicyclic amines) is 1. The van der Waals surface area contributed by atoms with Crippen LogP contribution in [0.2, 0.25) is 0 Å². The Labute approximate surface area is 160 Å². The van der Waals surface area contributed by atoms with E-state index in [4.69, 9.17) is 5.11 Å². The van der Waals surface area contributed by atoms with Gasteiger partial charge in [0.05, 0.1) is 0 Å². The van der Waals surface area contributed by atoms with Gasteiger partial charge in [0.15, 0.2) is 11.7 Å². The van der Waals surface area contributed by atoms with E-state index in [1.54, 1.807) is 0 Å². The summed E-state index contributed by atoms with van der Waals surface area (Å²) in [6.07, 6.45) is -5.95. The van der Waals surface area contributed by atoms with Gasteiger partial charge in [-0.2, -0.15) is 22.0 Å². The summed E-state index contributed by atoms with van der Waals surface area (Å²) in [6, 6.07) is 3.13. The number of nitrogens with zero attached hydrogens (tertiary/aromatic N) is 1. The quantitative estimate of drug-likeness (QED) is 0.534. The fraction of sp³-hybridized carbons (Fsp3) is 0.412. The third-order valence-corrected chi connectivity index (χ3v) is 4.23. The number of hydrogen-bond acceptors (Lipinski definition) is 4. The molecule has 1 aromatic carbocycles. The number of amides is 2. The number of carbonyl (C=O) groups is 4. The van der Waals surface area contributed by atoms with Gasteiger partial charge in [0, 0.05) is 25.1 Å². The van der Waals surface area contributed by atoms with Crippen molar-refractivity contribution in [2.75, 3.05) is 13.1 Å². The maximum Gasteiger partial charge on any atom is 0.458 e. The molecule has 0 spiro atoms. The first-order chi connectivity index (χ1) is 13.3. The van der Waals surface area contributed by atoms with Crippen LogP contribution in [0.25, 0.3) is 0 Å². The van der Waals surface area contributed by atoms with E-state index in [-0.39, 0.29) is 25.1 Å². The van der Waals surface area contributed by atoms with E-state index in [0.717, 1.165) is 17.0 Å². The molecule has 1 aliphatic heterocycles. The first-order valence-electron chi connectivity index (χ1n) is 8.19. The number of nitrogens with one attached hydrogen (secondary N) is 1. The van der Waals surface area contributed by atoms with Crippen LogP contribution in [0.1, 0.15) is 17.5 Å². The molecule has 1 unspecified atom stereocenters. The number of halogens is 5. The van der Waals surface area contributed by atoms with Crippen LogP contribution < -0.4 is 5.32 Å². The number of rotatable bonds is 6. The SMILES string of the molecule is O=C(O)CNC(=O)C1C(=O)CCN(Cc2ccc(C(F)(F)C(F)(F)F)cc2)C1=O. The molecule has 1 fully saturated rings. The molecule has 12 heteroatoms. The van der Waals surface area contributed by atoms with Crippen LogP contribution >= 0.6 is 0 Å². The average Bonchev–Trinajstić information content (AvgIpc) is 2.62. The number of aliphatic carboxylic acids is 1. The molecule has 1 saturated heterocycles. The van der Waals surface area contributed by atoms with Crippen molar-refractivity contribution in [1.29, 1.82) is 0 Å². The predicted molar refractivity (Wildman–Crippen MR) is 85.6 cm³/mol. The molecule has 1 aromatic rings. The number of benzene rings is 1. The van der Waals surface area contributed by atoms with E-state index in [1.165, 1.54) is 0 Å². The van der Waals surface area contributed by atoms with Crippen LogP contribution in [0.3, 0.4) is 0 Å². The minimum atomic E-state index is -5.76. The van der Waals surface area contributed by atoms with Crippen LogP contribution in [0, 0.1) is 5.92 Å². The van der Waals surface area contributed by atoms with Crippen molar-refractivity contribution in [3.63, 3.8) is 0 Å². The Bertz CT molecular complexity index is 822. The number of alkyl halides is 5. The Morgan fingerprint density at radius 1 is 1.10 bits per heavy atom. The second-order valence-electron chi connectivity index (χ2n) is 6.29. The van der Waals surface area contributed by atoms with Crippen LogP contribution in [0.5, 0.6) is 0 Å². The zero-order valence-electron chi connectivity index (χ0n) is 14.6. The number of carboxylic acids is 1. The fourth-order valence-electron chi connectivity index (χ4n) is 2.70. The van der Waals surface area contributed by atoms with Gasteiger partial charge in [-0.3, -0.25) is 19.2 Å². The summed E-state index contributed by atoms with van der Waals surface area (Å²) in [5, 5.41) is 10.5. The summed E-state index contributed by atoms with van der Waals surface area (Å²) < 4.78 is 63.8. The molecule has 158 valence electrons. The number of ketones is 1. The van der Waals surface area contributed by atoms with Gasteiger partial charge in [-0.05, 0) is 5.56 Å². The first kappa shape index (κ1) is 22.2. The topological polar surface area (TPSA) is 104 Å². The number of Topliss-reactive ketones (excluding diaryl/α,β-unsaturated/α-hetero) is 1. The van der Waals surface area contributed by atoms with Gasteiger partial charge < -0.3 is 15.3 Å². The van der Waals surface area contributed by atoms with Crippen LogP contribution in [0.4, 0.5) is 22.0 Å². The van der Waals surface area contributed by atoms with E-state index in [2.05, 4.69) is 0 Å². The van der Waals surface area contributed by atoms with Crippen molar-refractivity contribution in [2.45, 2.75) is 25.1 Å². The number of carbonyl (C=O) groups excluding carboxylic acids is 3. The summed E-state index contributed by atoms with van der Waals surface area (Å²) in [5.41, 5.74) is -1.06. The highest BCUT2D eigenvalue weighted by Crippen LogP contribution is 2.43. The van der Waals surface area contributed by atoms with Gasteiger partial charge in [0.1, 0.15) is 6.54 Å². The van der Waals surface area contributed by atoms with Gasteiger partial charge in [-0.25, -0.2) is 0 Å². The summed E-state index contributed by atoms with van der Waals surface area (Å²) in [5.74, 6) is -10.8. The summed E-state index contributed by atoms with van der Waals surface area (Å²) in [6.45, 7) is -1.10. The largest absolute Gasteiger partial charge is 0.480 e. The average molecular weight is 422 g/mol. The molecule has 0 saturated carbocycles.